The van der Waals surface area contributed by atoms with Gasteiger partial charge >= 0.3 is 0 Å². The summed E-state index contributed by atoms with van der Waals surface area (Å²) in [4.78, 5) is 8.10. The van der Waals surface area contributed by atoms with Crippen LogP contribution in [0.25, 0.3) is 0 Å². The summed E-state index contributed by atoms with van der Waals surface area (Å²) in [7, 11) is 0. The van der Waals surface area contributed by atoms with E-state index in [1.165, 1.54) is 72.8 Å². The average Bonchev–Trinajstić information content (AvgIpc) is 2.80. The Balaban J connectivity index is 0.000000240. The average molecular weight is 482 g/mol. The Morgan fingerprint density at radius 3 is 1.14 bits per heavy atom. The number of aliphatic imine (C=N–C) groups is 2. The summed E-state index contributed by atoms with van der Waals surface area (Å²) in [6.07, 6.45) is 0. The molecule has 35 heavy (non-hydrogen) atoms. The zero-order valence-electron chi connectivity index (χ0n) is 18.3. The first-order valence-corrected chi connectivity index (χ1v) is 10.0. The minimum atomic E-state index is -0.377. The maximum Gasteiger partial charge on any atom is 0.131 e. The molecule has 0 amide bonds. The normalized spacial score (nSPS) is 11.2. The SMILES string of the molecule is NC(=Nc1cccc(F)c1)c1ccc(F)cc1.NC(=Nc1cccc(F)c1)c1ccc(F)cc1.O. The standard InChI is InChI=1S/2C13H10F2N2.H2O/c2*14-10-6-4-9(5-7-10)13(16)17-12-3-1-2-11(15)8-12;/h2*1-8H,(H2,16,17);1H2. The lowest BCUT2D eigenvalue weighted by Crippen LogP contribution is -2.12. The Bertz CT molecular complexity index is 1200. The zero-order chi connectivity index (χ0) is 24.5. The number of halogens is 4. The quantitative estimate of drug-likeness (QED) is 0.238. The fourth-order valence-electron chi connectivity index (χ4n) is 2.74. The summed E-state index contributed by atoms with van der Waals surface area (Å²) >= 11 is 0. The lowest BCUT2D eigenvalue weighted by Gasteiger charge is -2.01. The molecule has 180 valence electrons. The van der Waals surface area contributed by atoms with Crippen LogP contribution in [0.4, 0.5) is 28.9 Å². The molecular formula is C26H22F4N4O. The van der Waals surface area contributed by atoms with Crippen molar-refractivity contribution < 1.29 is 23.0 Å². The number of hydrogen-bond acceptors (Lipinski definition) is 2. The van der Waals surface area contributed by atoms with Gasteiger partial charge in [-0.2, -0.15) is 0 Å². The maximum absolute atomic E-state index is 12.9. The molecule has 0 unspecified atom stereocenters. The molecule has 4 rings (SSSR count). The van der Waals surface area contributed by atoms with Crippen LogP contribution < -0.4 is 11.5 Å². The molecule has 0 aromatic heterocycles. The Kier molecular flexibility index (Phi) is 9.68. The number of benzene rings is 4. The van der Waals surface area contributed by atoms with Gasteiger partial charge in [0.1, 0.15) is 34.9 Å². The van der Waals surface area contributed by atoms with Gasteiger partial charge in [-0.15, -0.1) is 0 Å². The lowest BCUT2D eigenvalue weighted by molar-refractivity contribution is 0.627. The Morgan fingerprint density at radius 2 is 0.829 bits per heavy atom. The van der Waals surface area contributed by atoms with Gasteiger partial charge in [-0.25, -0.2) is 27.5 Å². The van der Waals surface area contributed by atoms with E-state index in [2.05, 4.69) is 9.98 Å². The second-order valence-electron chi connectivity index (χ2n) is 6.97. The summed E-state index contributed by atoms with van der Waals surface area (Å²) < 4.78 is 51.2. The third-order valence-corrected chi connectivity index (χ3v) is 4.40. The van der Waals surface area contributed by atoms with Crippen LogP contribution in [-0.4, -0.2) is 17.1 Å². The molecule has 0 aliphatic carbocycles. The van der Waals surface area contributed by atoms with E-state index in [1.807, 2.05) is 0 Å². The summed E-state index contributed by atoms with van der Waals surface area (Å²) in [6, 6.07) is 22.8. The molecule has 0 radical (unpaired) electrons. The van der Waals surface area contributed by atoms with E-state index in [4.69, 9.17) is 11.5 Å². The monoisotopic (exact) mass is 482 g/mol. The first-order chi connectivity index (χ1) is 16.3. The molecular weight excluding hydrogens is 460 g/mol. The van der Waals surface area contributed by atoms with Crippen molar-refractivity contribution in [2.45, 2.75) is 0 Å². The number of amidine groups is 2. The van der Waals surface area contributed by atoms with Gasteiger partial charge in [0.05, 0.1) is 11.4 Å². The van der Waals surface area contributed by atoms with Crippen molar-refractivity contribution in [2.75, 3.05) is 0 Å². The number of nitrogens with two attached hydrogens (primary N) is 2. The van der Waals surface area contributed by atoms with Crippen LogP contribution >= 0.6 is 0 Å². The van der Waals surface area contributed by atoms with Gasteiger partial charge < -0.3 is 16.9 Å². The van der Waals surface area contributed by atoms with E-state index in [9.17, 15) is 17.6 Å². The second-order valence-corrected chi connectivity index (χ2v) is 6.97. The molecule has 4 aromatic carbocycles. The van der Waals surface area contributed by atoms with Gasteiger partial charge in [0, 0.05) is 11.1 Å². The molecule has 0 heterocycles. The number of hydrogen-bond donors (Lipinski definition) is 2. The predicted molar refractivity (Wildman–Crippen MR) is 130 cm³/mol. The molecule has 0 spiro atoms. The van der Waals surface area contributed by atoms with Crippen LogP contribution in [0.5, 0.6) is 0 Å². The minimum absolute atomic E-state index is 0. The smallest absolute Gasteiger partial charge is 0.131 e. The molecule has 0 saturated carbocycles. The summed E-state index contributed by atoms with van der Waals surface area (Å²) in [5.41, 5.74) is 13.5. The highest BCUT2D eigenvalue weighted by Gasteiger charge is 2.01. The van der Waals surface area contributed by atoms with E-state index >= 15 is 0 Å². The van der Waals surface area contributed by atoms with Crippen molar-refractivity contribution in [1.29, 1.82) is 0 Å². The molecule has 0 fully saturated rings. The third kappa shape index (κ3) is 8.41. The van der Waals surface area contributed by atoms with Crippen LogP contribution in [0, 0.1) is 23.3 Å². The van der Waals surface area contributed by atoms with Gasteiger partial charge in [-0.05, 0) is 84.9 Å². The van der Waals surface area contributed by atoms with Crippen LogP contribution in [0.15, 0.2) is 107 Å². The second kappa shape index (κ2) is 12.7. The largest absolute Gasteiger partial charge is 0.412 e. The van der Waals surface area contributed by atoms with Gasteiger partial charge in [0.2, 0.25) is 0 Å². The highest BCUT2D eigenvalue weighted by atomic mass is 19.1. The van der Waals surface area contributed by atoms with Gasteiger partial charge in [-0.1, -0.05) is 12.1 Å². The van der Waals surface area contributed by atoms with Gasteiger partial charge in [0.15, 0.2) is 0 Å². The molecule has 4 aromatic rings. The molecule has 0 atom stereocenters. The minimum Gasteiger partial charge on any atom is -0.412 e. The fraction of sp³-hybridized carbons (Fsp3) is 0. The Labute approximate surface area is 199 Å². The molecule has 0 aliphatic rings. The summed E-state index contributed by atoms with van der Waals surface area (Å²) in [6.45, 7) is 0. The van der Waals surface area contributed by atoms with E-state index in [-0.39, 0.29) is 40.4 Å². The van der Waals surface area contributed by atoms with Crippen molar-refractivity contribution in [1.82, 2.24) is 0 Å². The van der Waals surface area contributed by atoms with Crippen LogP contribution in [-0.2, 0) is 0 Å². The van der Waals surface area contributed by atoms with Crippen molar-refractivity contribution in [3.63, 3.8) is 0 Å². The van der Waals surface area contributed by atoms with E-state index in [0.717, 1.165) is 0 Å². The molecule has 6 N–H and O–H groups in total. The first kappa shape index (κ1) is 26.7. The predicted octanol–water partition coefficient (Wildman–Crippen LogP) is 5.18. The van der Waals surface area contributed by atoms with Crippen LogP contribution in [0.2, 0.25) is 0 Å². The summed E-state index contributed by atoms with van der Waals surface area (Å²) in [5.74, 6) is -0.998. The van der Waals surface area contributed by atoms with Crippen LogP contribution in [0.1, 0.15) is 11.1 Å². The zero-order valence-corrected chi connectivity index (χ0v) is 18.3. The molecule has 9 heteroatoms. The van der Waals surface area contributed by atoms with Crippen molar-refractivity contribution in [3.8, 4) is 0 Å². The van der Waals surface area contributed by atoms with Crippen LogP contribution in [0.3, 0.4) is 0 Å². The number of rotatable bonds is 4. The third-order valence-electron chi connectivity index (χ3n) is 4.40. The van der Waals surface area contributed by atoms with Crippen molar-refractivity contribution in [3.05, 3.63) is 131 Å². The van der Waals surface area contributed by atoms with Gasteiger partial charge in [0.25, 0.3) is 0 Å². The van der Waals surface area contributed by atoms with Crippen molar-refractivity contribution >= 4 is 23.0 Å². The molecule has 5 nitrogen and oxygen atoms in total. The molecule has 0 bridgehead atoms. The van der Waals surface area contributed by atoms with Crippen molar-refractivity contribution in [2.24, 2.45) is 21.5 Å². The molecule has 0 aliphatic heterocycles. The Hall–Kier alpha value is -4.50. The topological polar surface area (TPSA) is 108 Å². The first-order valence-electron chi connectivity index (χ1n) is 10.0. The lowest BCUT2D eigenvalue weighted by atomic mass is 10.2. The summed E-state index contributed by atoms with van der Waals surface area (Å²) in [5, 5.41) is 0. The maximum atomic E-state index is 12.9. The fourth-order valence-corrected chi connectivity index (χ4v) is 2.74. The molecule has 0 saturated heterocycles. The highest BCUT2D eigenvalue weighted by Crippen LogP contribution is 2.15. The van der Waals surface area contributed by atoms with Gasteiger partial charge in [-0.3, -0.25) is 0 Å². The van der Waals surface area contributed by atoms with E-state index < -0.39 is 0 Å². The van der Waals surface area contributed by atoms with E-state index in [0.29, 0.717) is 22.5 Å². The number of nitrogens with zero attached hydrogens (tertiary/aromatic N) is 2. The Morgan fingerprint density at radius 1 is 0.486 bits per heavy atom. The highest BCUT2D eigenvalue weighted by molar-refractivity contribution is 5.99. The van der Waals surface area contributed by atoms with E-state index in [1.54, 1.807) is 24.3 Å².